The zero-order valence-electron chi connectivity index (χ0n) is 6.01. The Hall–Kier alpha value is -1.58. The molecule has 0 saturated heterocycles. The Balaban J connectivity index is 2.69. The molecule has 0 unspecified atom stereocenters. The molecule has 4 nitrogen and oxygen atoms in total. The van der Waals surface area contributed by atoms with Gasteiger partial charge in [0.2, 0.25) is 0 Å². The van der Waals surface area contributed by atoms with E-state index in [9.17, 15) is 0 Å². The molecule has 12 heavy (non-hydrogen) atoms. The standard InChI is InChI=1S/C7H4N4S/c8-11-10-7-4-5-6(12-7)2-1-3-9-5/h1-4H. The Labute approximate surface area is 72.1 Å². The second-order valence-electron chi connectivity index (χ2n) is 2.16. The minimum Gasteiger partial charge on any atom is -0.255 e. The van der Waals surface area contributed by atoms with Crippen LogP contribution in [0.25, 0.3) is 20.7 Å². The van der Waals surface area contributed by atoms with E-state index in [0.29, 0.717) is 5.00 Å². The van der Waals surface area contributed by atoms with Crippen molar-refractivity contribution in [3.8, 4) is 0 Å². The van der Waals surface area contributed by atoms with Crippen molar-refractivity contribution in [1.29, 1.82) is 0 Å². The van der Waals surface area contributed by atoms with E-state index in [1.165, 1.54) is 11.3 Å². The quantitative estimate of drug-likeness (QED) is 0.373. The first-order chi connectivity index (χ1) is 5.90. The summed E-state index contributed by atoms with van der Waals surface area (Å²) in [5.74, 6) is 0. The van der Waals surface area contributed by atoms with Crippen molar-refractivity contribution in [3.05, 3.63) is 34.8 Å². The Morgan fingerprint density at radius 1 is 1.58 bits per heavy atom. The van der Waals surface area contributed by atoms with Gasteiger partial charge in [-0.1, -0.05) is 0 Å². The molecule has 0 fully saturated rings. The third-order valence-electron chi connectivity index (χ3n) is 1.42. The summed E-state index contributed by atoms with van der Waals surface area (Å²) < 4.78 is 1.04. The Bertz CT molecular complexity index is 422. The number of nitrogens with zero attached hydrogens (tertiary/aromatic N) is 4. The summed E-state index contributed by atoms with van der Waals surface area (Å²) in [6.07, 6.45) is 1.72. The third kappa shape index (κ3) is 1.11. The zero-order valence-corrected chi connectivity index (χ0v) is 6.82. The highest BCUT2D eigenvalue weighted by Crippen LogP contribution is 2.30. The lowest BCUT2D eigenvalue weighted by Gasteiger charge is -1.81. The molecule has 0 aromatic carbocycles. The number of hydrogen-bond acceptors (Lipinski definition) is 3. The summed E-state index contributed by atoms with van der Waals surface area (Å²) in [4.78, 5) is 6.82. The lowest BCUT2D eigenvalue weighted by Crippen LogP contribution is -1.65. The fourth-order valence-corrected chi connectivity index (χ4v) is 1.79. The first kappa shape index (κ1) is 7.09. The third-order valence-corrected chi connectivity index (χ3v) is 2.39. The number of rotatable bonds is 1. The molecule has 0 aliphatic heterocycles. The van der Waals surface area contributed by atoms with Gasteiger partial charge >= 0.3 is 0 Å². The number of hydrogen-bond donors (Lipinski definition) is 0. The Morgan fingerprint density at radius 2 is 2.50 bits per heavy atom. The van der Waals surface area contributed by atoms with Crippen LogP contribution in [0.1, 0.15) is 0 Å². The van der Waals surface area contributed by atoms with Crippen molar-refractivity contribution >= 4 is 26.6 Å². The molecule has 0 N–H and O–H groups in total. The molecule has 58 valence electrons. The van der Waals surface area contributed by atoms with Gasteiger partial charge in [-0.15, -0.1) is 11.3 Å². The van der Waals surface area contributed by atoms with E-state index in [0.717, 1.165) is 10.2 Å². The van der Waals surface area contributed by atoms with Crippen molar-refractivity contribution in [2.75, 3.05) is 0 Å². The SMILES string of the molecule is [N-]=[N+]=Nc1cc2ncccc2s1. The van der Waals surface area contributed by atoms with Crippen LogP contribution in [-0.2, 0) is 0 Å². The van der Waals surface area contributed by atoms with Crippen LogP contribution >= 0.6 is 11.3 Å². The summed E-state index contributed by atoms with van der Waals surface area (Å²) in [6, 6.07) is 5.59. The average molecular weight is 176 g/mol. The second-order valence-corrected chi connectivity index (χ2v) is 3.22. The second kappa shape index (κ2) is 2.81. The first-order valence-corrected chi connectivity index (χ1v) is 4.11. The number of fused-ring (bicyclic) bond motifs is 1. The van der Waals surface area contributed by atoms with Crippen LogP contribution in [0.4, 0.5) is 5.00 Å². The normalized spacial score (nSPS) is 9.67. The maximum Gasteiger partial charge on any atom is 0.0931 e. The van der Waals surface area contributed by atoms with E-state index in [1.54, 1.807) is 12.3 Å². The summed E-state index contributed by atoms with van der Waals surface area (Å²) in [6.45, 7) is 0. The highest BCUT2D eigenvalue weighted by Gasteiger charge is 1.98. The van der Waals surface area contributed by atoms with Gasteiger partial charge in [-0.25, -0.2) is 0 Å². The first-order valence-electron chi connectivity index (χ1n) is 3.30. The summed E-state index contributed by atoms with van der Waals surface area (Å²) >= 11 is 1.44. The van der Waals surface area contributed by atoms with Crippen molar-refractivity contribution in [1.82, 2.24) is 4.98 Å². The van der Waals surface area contributed by atoms with Crippen molar-refractivity contribution in [3.63, 3.8) is 0 Å². The van der Waals surface area contributed by atoms with Gasteiger partial charge in [0, 0.05) is 11.1 Å². The molecule has 0 amide bonds. The van der Waals surface area contributed by atoms with Gasteiger partial charge in [-0.2, -0.15) is 0 Å². The smallest absolute Gasteiger partial charge is 0.0931 e. The number of azide groups is 1. The van der Waals surface area contributed by atoms with Gasteiger partial charge in [0.05, 0.1) is 15.2 Å². The molecule has 0 bridgehead atoms. The predicted octanol–water partition coefficient (Wildman–Crippen LogP) is 3.24. The van der Waals surface area contributed by atoms with Crippen LogP contribution in [-0.4, -0.2) is 4.98 Å². The molecular weight excluding hydrogens is 172 g/mol. The molecule has 0 aliphatic carbocycles. The van der Waals surface area contributed by atoms with Gasteiger partial charge < -0.3 is 0 Å². The molecule has 0 aliphatic rings. The molecule has 0 atom stereocenters. The van der Waals surface area contributed by atoms with E-state index in [1.807, 2.05) is 12.1 Å². The van der Waals surface area contributed by atoms with Crippen molar-refractivity contribution < 1.29 is 0 Å². The van der Waals surface area contributed by atoms with E-state index in [-0.39, 0.29) is 0 Å². The van der Waals surface area contributed by atoms with E-state index < -0.39 is 0 Å². The minimum absolute atomic E-state index is 0.659. The monoisotopic (exact) mass is 176 g/mol. The lowest BCUT2D eigenvalue weighted by molar-refractivity contribution is 1.42. The lowest BCUT2D eigenvalue weighted by atomic mass is 10.4. The van der Waals surface area contributed by atoms with Crippen LogP contribution in [0.15, 0.2) is 29.5 Å². The molecule has 2 aromatic rings. The van der Waals surface area contributed by atoms with Crippen molar-refractivity contribution in [2.24, 2.45) is 5.11 Å². The summed E-state index contributed by atoms with van der Waals surface area (Å²) in [5.41, 5.74) is 9.07. The maximum absolute atomic E-state index is 8.19. The van der Waals surface area contributed by atoms with Gasteiger partial charge in [0.25, 0.3) is 0 Å². The van der Waals surface area contributed by atoms with E-state index in [2.05, 4.69) is 15.0 Å². The van der Waals surface area contributed by atoms with Gasteiger partial charge in [-0.3, -0.25) is 4.98 Å². The zero-order chi connectivity index (χ0) is 8.39. The Morgan fingerprint density at radius 3 is 3.25 bits per heavy atom. The largest absolute Gasteiger partial charge is 0.255 e. The predicted molar refractivity (Wildman–Crippen MR) is 48.4 cm³/mol. The highest BCUT2D eigenvalue weighted by atomic mass is 32.1. The fraction of sp³-hybridized carbons (Fsp3) is 0. The molecule has 0 saturated carbocycles. The average Bonchev–Trinajstić information content (AvgIpc) is 2.47. The van der Waals surface area contributed by atoms with Gasteiger partial charge in [-0.05, 0) is 28.8 Å². The molecule has 5 heteroatoms. The van der Waals surface area contributed by atoms with E-state index >= 15 is 0 Å². The van der Waals surface area contributed by atoms with Crippen LogP contribution in [0.3, 0.4) is 0 Å². The molecule has 2 aromatic heterocycles. The summed E-state index contributed by atoms with van der Waals surface area (Å²) in [5, 5.41) is 4.16. The van der Waals surface area contributed by atoms with Crippen LogP contribution in [0, 0.1) is 0 Å². The number of pyridine rings is 1. The minimum atomic E-state index is 0.659. The molecule has 0 spiro atoms. The van der Waals surface area contributed by atoms with Crippen LogP contribution in [0.2, 0.25) is 0 Å². The number of aromatic nitrogens is 1. The number of thiophene rings is 1. The highest BCUT2D eigenvalue weighted by molar-refractivity contribution is 7.22. The molecule has 2 heterocycles. The molecule has 0 radical (unpaired) electrons. The summed E-state index contributed by atoms with van der Waals surface area (Å²) in [7, 11) is 0. The maximum atomic E-state index is 8.19. The topological polar surface area (TPSA) is 61.7 Å². The molecule has 2 rings (SSSR count). The van der Waals surface area contributed by atoms with Crippen molar-refractivity contribution in [2.45, 2.75) is 0 Å². The van der Waals surface area contributed by atoms with E-state index in [4.69, 9.17) is 5.53 Å². The van der Waals surface area contributed by atoms with Gasteiger partial charge in [0.1, 0.15) is 0 Å². The van der Waals surface area contributed by atoms with Crippen LogP contribution in [0.5, 0.6) is 0 Å². The Kier molecular flexibility index (Phi) is 1.66. The van der Waals surface area contributed by atoms with Gasteiger partial charge in [0.15, 0.2) is 0 Å². The fourth-order valence-electron chi connectivity index (χ4n) is 0.950. The van der Waals surface area contributed by atoms with Crippen LogP contribution < -0.4 is 0 Å². The molecular formula is C7H4N4S.